The van der Waals surface area contributed by atoms with Gasteiger partial charge in [-0.1, -0.05) is 35.7 Å². The molecule has 0 spiro atoms. The van der Waals surface area contributed by atoms with Crippen LogP contribution < -0.4 is 5.32 Å². The number of hydrogen-bond acceptors (Lipinski definition) is 1. The van der Waals surface area contributed by atoms with Gasteiger partial charge in [-0.2, -0.15) is 0 Å². The van der Waals surface area contributed by atoms with E-state index in [-0.39, 0.29) is 10.9 Å². The van der Waals surface area contributed by atoms with Gasteiger partial charge in [0, 0.05) is 6.42 Å². The van der Waals surface area contributed by atoms with Crippen molar-refractivity contribution < 1.29 is 4.79 Å². The molecule has 0 rings (SSSR count). The molecule has 0 radical (unpaired) electrons. The Labute approximate surface area is 76.9 Å². The molecule has 0 bridgehead atoms. The fourth-order valence-corrected chi connectivity index (χ4v) is 1.08. The quantitative estimate of drug-likeness (QED) is 0.432. The zero-order chi connectivity index (χ0) is 8.69. The van der Waals surface area contributed by atoms with Gasteiger partial charge in [-0.3, -0.25) is 4.79 Å². The van der Waals surface area contributed by atoms with Crippen LogP contribution >= 0.6 is 15.9 Å². The van der Waals surface area contributed by atoms with Gasteiger partial charge in [-0.15, -0.1) is 0 Å². The maximum Gasteiger partial charge on any atom is 0.220 e. The summed E-state index contributed by atoms with van der Waals surface area (Å²) < 4.78 is 0. The molecular weight excluding hydrogens is 206 g/mol. The summed E-state index contributed by atoms with van der Waals surface area (Å²) in [6.45, 7) is 4.03. The first-order chi connectivity index (χ1) is 5.16. The van der Waals surface area contributed by atoms with Crippen molar-refractivity contribution in [1.82, 2.24) is 5.32 Å². The molecule has 1 unspecified atom stereocenters. The Hall–Kier alpha value is -0.0500. The average molecular weight is 222 g/mol. The largest absolute Gasteiger partial charge is 0.344 e. The van der Waals surface area contributed by atoms with Crippen LogP contribution in [0.25, 0.3) is 0 Å². The number of carbonyl (C=O) groups is 1. The second-order valence-corrected chi connectivity index (χ2v) is 4.01. The monoisotopic (exact) mass is 221 g/mol. The first-order valence-electron chi connectivity index (χ1n) is 4.10. The van der Waals surface area contributed by atoms with Crippen molar-refractivity contribution in [2.24, 2.45) is 0 Å². The molecule has 2 nitrogen and oxygen atoms in total. The predicted octanol–water partition coefficient (Wildman–Crippen LogP) is 2.42. The molecule has 11 heavy (non-hydrogen) atoms. The van der Waals surface area contributed by atoms with Crippen LogP contribution in [0.3, 0.4) is 0 Å². The van der Waals surface area contributed by atoms with Gasteiger partial charge in [0.05, 0.1) is 4.95 Å². The molecule has 0 aliphatic carbocycles. The van der Waals surface area contributed by atoms with E-state index in [4.69, 9.17) is 0 Å². The summed E-state index contributed by atoms with van der Waals surface area (Å²) in [7, 11) is 0. The number of alkyl halides is 1. The number of unbranched alkanes of at least 4 members (excludes halogenated alkanes) is 2. The molecule has 0 aliphatic rings. The van der Waals surface area contributed by atoms with Gasteiger partial charge in [-0.25, -0.2) is 0 Å². The summed E-state index contributed by atoms with van der Waals surface area (Å²) in [4.78, 5) is 11.1. The summed E-state index contributed by atoms with van der Waals surface area (Å²) >= 11 is 3.25. The highest BCUT2D eigenvalue weighted by Gasteiger charge is 2.01. The smallest absolute Gasteiger partial charge is 0.220 e. The van der Waals surface area contributed by atoms with E-state index in [0.29, 0.717) is 6.42 Å². The number of halogens is 1. The number of carbonyl (C=O) groups excluding carboxylic acids is 1. The molecule has 66 valence electrons. The van der Waals surface area contributed by atoms with Crippen molar-refractivity contribution in [2.75, 3.05) is 0 Å². The fraction of sp³-hybridized carbons (Fsp3) is 0.875. The van der Waals surface area contributed by atoms with E-state index in [1.54, 1.807) is 0 Å². The first kappa shape index (κ1) is 11.0. The van der Waals surface area contributed by atoms with Crippen LogP contribution in [0.2, 0.25) is 0 Å². The summed E-state index contributed by atoms with van der Waals surface area (Å²) in [5, 5.41) is 2.78. The lowest BCUT2D eigenvalue weighted by molar-refractivity contribution is -0.121. The van der Waals surface area contributed by atoms with Crippen LogP contribution in [0.4, 0.5) is 0 Å². The van der Waals surface area contributed by atoms with Crippen molar-refractivity contribution in [1.29, 1.82) is 0 Å². The summed E-state index contributed by atoms with van der Waals surface area (Å²) in [6.07, 6.45) is 3.97. The Bertz CT molecular complexity index is 115. The van der Waals surface area contributed by atoms with Crippen LogP contribution in [0, 0.1) is 0 Å². The van der Waals surface area contributed by atoms with E-state index < -0.39 is 0 Å². The molecule has 0 aromatic rings. The molecule has 0 aliphatic heterocycles. The molecule has 1 N–H and O–H groups in total. The SMILES string of the molecule is CCCCCC(=O)NC(C)Br. The Kier molecular flexibility index (Phi) is 6.62. The topological polar surface area (TPSA) is 29.1 Å². The first-order valence-corrected chi connectivity index (χ1v) is 5.01. The van der Waals surface area contributed by atoms with Crippen LogP contribution in [0.15, 0.2) is 0 Å². The lowest BCUT2D eigenvalue weighted by Crippen LogP contribution is -2.27. The molecule has 0 heterocycles. The van der Waals surface area contributed by atoms with Crippen molar-refractivity contribution >= 4 is 21.8 Å². The highest BCUT2D eigenvalue weighted by atomic mass is 79.9. The van der Waals surface area contributed by atoms with Crippen molar-refractivity contribution in [3.8, 4) is 0 Å². The van der Waals surface area contributed by atoms with Crippen LogP contribution in [0.1, 0.15) is 39.5 Å². The molecular formula is C8H16BrNO. The van der Waals surface area contributed by atoms with E-state index in [9.17, 15) is 4.79 Å². The van der Waals surface area contributed by atoms with Gasteiger partial charge >= 0.3 is 0 Å². The molecule has 3 heteroatoms. The third kappa shape index (κ3) is 7.85. The number of amides is 1. The van der Waals surface area contributed by atoms with E-state index in [0.717, 1.165) is 19.3 Å². The average Bonchev–Trinajstić information content (AvgIpc) is 1.86. The number of rotatable bonds is 5. The Morgan fingerprint density at radius 3 is 2.64 bits per heavy atom. The Morgan fingerprint density at radius 1 is 1.55 bits per heavy atom. The van der Waals surface area contributed by atoms with Crippen molar-refractivity contribution in [3.63, 3.8) is 0 Å². The van der Waals surface area contributed by atoms with Gasteiger partial charge < -0.3 is 5.32 Å². The number of nitrogens with one attached hydrogen (secondary N) is 1. The predicted molar refractivity (Wildman–Crippen MR) is 50.7 cm³/mol. The second-order valence-electron chi connectivity index (χ2n) is 2.64. The van der Waals surface area contributed by atoms with Crippen LogP contribution in [-0.2, 0) is 4.79 Å². The second kappa shape index (κ2) is 6.65. The summed E-state index contributed by atoms with van der Waals surface area (Å²) in [5.41, 5.74) is 0. The molecule has 1 amide bonds. The lowest BCUT2D eigenvalue weighted by atomic mass is 10.2. The third-order valence-electron chi connectivity index (χ3n) is 1.37. The van der Waals surface area contributed by atoms with E-state index in [1.165, 1.54) is 0 Å². The van der Waals surface area contributed by atoms with Gasteiger partial charge in [0.25, 0.3) is 0 Å². The summed E-state index contributed by atoms with van der Waals surface area (Å²) in [5.74, 6) is 0.142. The molecule has 0 saturated carbocycles. The fourth-order valence-electron chi connectivity index (χ4n) is 0.830. The molecule has 1 atom stereocenters. The lowest BCUT2D eigenvalue weighted by Gasteiger charge is -2.05. The Morgan fingerprint density at radius 2 is 2.18 bits per heavy atom. The molecule has 0 fully saturated rings. The zero-order valence-electron chi connectivity index (χ0n) is 7.19. The van der Waals surface area contributed by atoms with Gasteiger partial charge in [0.2, 0.25) is 5.91 Å². The molecule has 0 aromatic heterocycles. The van der Waals surface area contributed by atoms with E-state index >= 15 is 0 Å². The Balaban J connectivity index is 3.23. The molecule has 0 aromatic carbocycles. The highest BCUT2D eigenvalue weighted by molar-refractivity contribution is 9.09. The third-order valence-corrected chi connectivity index (χ3v) is 1.60. The van der Waals surface area contributed by atoms with E-state index in [2.05, 4.69) is 28.2 Å². The molecule has 0 saturated heterocycles. The normalized spacial score (nSPS) is 12.6. The van der Waals surface area contributed by atoms with Gasteiger partial charge in [-0.05, 0) is 13.3 Å². The summed E-state index contributed by atoms with van der Waals surface area (Å²) in [6, 6.07) is 0. The number of hydrogen-bond donors (Lipinski definition) is 1. The van der Waals surface area contributed by atoms with Gasteiger partial charge in [0.1, 0.15) is 0 Å². The van der Waals surface area contributed by atoms with Crippen LogP contribution in [-0.4, -0.2) is 10.9 Å². The standard InChI is InChI=1S/C8H16BrNO/c1-3-4-5-6-8(11)10-7(2)9/h7H,3-6H2,1-2H3,(H,10,11). The maximum absolute atomic E-state index is 11.0. The minimum absolute atomic E-state index is 0.0941. The van der Waals surface area contributed by atoms with Gasteiger partial charge in [0.15, 0.2) is 0 Å². The zero-order valence-corrected chi connectivity index (χ0v) is 8.78. The maximum atomic E-state index is 11.0. The van der Waals surface area contributed by atoms with Crippen molar-refractivity contribution in [2.45, 2.75) is 44.5 Å². The minimum Gasteiger partial charge on any atom is -0.344 e. The highest BCUT2D eigenvalue weighted by Crippen LogP contribution is 2.00. The minimum atomic E-state index is 0.0941. The van der Waals surface area contributed by atoms with E-state index in [1.807, 2.05) is 6.92 Å². The van der Waals surface area contributed by atoms with Crippen molar-refractivity contribution in [3.05, 3.63) is 0 Å². The van der Waals surface area contributed by atoms with Crippen LogP contribution in [0.5, 0.6) is 0 Å².